The quantitative estimate of drug-likeness (QED) is 0.853. The number of nitrogens with zero attached hydrogens (tertiary/aromatic N) is 3. The van der Waals surface area contributed by atoms with Crippen molar-refractivity contribution in [3.8, 4) is 0 Å². The molecule has 0 N–H and O–H groups in total. The summed E-state index contributed by atoms with van der Waals surface area (Å²) in [5.41, 5.74) is 1.08. The Balaban J connectivity index is 1.34. The topological polar surface area (TPSA) is 55.2 Å². The Morgan fingerprint density at radius 1 is 1.04 bits per heavy atom. The number of likely N-dealkylation sites (tertiary alicyclic amines) is 1. The van der Waals surface area contributed by atoms with E-state index < -0.39 is 0 Å². The van der Waals surface area contributed by atoms with E-state index in [1.54, 1.807) is 10.7 Å². The van der Waals surface area contributed by atoms with Crippen molar-refractivity contribution in [2.45, 2.75) is 63.8 Å². The first kappa shape index (κ1) is 15.9. The molecule has 24 heavy (non-hydrogen) atoms. The van der Waals surface area contributed by atoms with Crippen LogP contribution in [0.5, 0.6) is 0 Å². The minimum Gasteiger partial charge on any atom is -0.342 e. The van der Waals surface area contributed by atoms with Gasteiger partial charge in [-0.15, -0.1) is 0 Å². The summed E-state index contributed by atoms with van der Waals surface area (Å²) in [6, 6.07) is 3.55. The minimum absolute atomic E-state index is 0.00358. The number of aromatic nitrogens is 2. The van der Waals surface area contributed by atoms with E-state index in [2.05, 4.69) is 10.00 Å². The van der Waals surface area contributed by atoms with Gasteiger partial charge in [0.15, 0.2) is 0 Å². The fourth-order valence-electron chi connectivity index (χ4n) is 4.20. The molecule has 4 rings (SSSR count). The second-order valence-corrected chi connectivity index (χ2v) is 7.80. The van der Waals surface area contributed by atoms with Crippen LogP contribution in [0.4, 0.5) is 0 Å². The molecular weight excluding hydrogens is 302 g/mol. The zero-order chi connectivity index (χ0) is 16.5. The van der Waals surface area contributed by atoms with Crippen molar-refractivity contribution in [3.63, 3.8) is 0 Å². The third kappa shape index (κ3) is 3.40. The van der Waals surface area contributed by atoms with Gasteiger partial charge in [-0.3, -0.25) is 9.59 Å². The predicted molar refractivity (Wildman–Crippen MR) is 91.7 cm³/mol. The van der Waals surface area contributed by atoms with Crippen molar-refractivity contribution in [1.29, 1.82) is 0 Å². The lowest BCUT2D eigenvalue weighted by Crippen LogP contribution is -2.42. The van der Waals surface area contributed by atoms with Crippen LogP contribution in [0.1, 0.15) is 63.0 Å². The molecule has 1 aliphatic heterocycles. The van der Waals surface area contributed by atoms with Gasteiger partial charge in [0.1, 0.15) is 0 Å². The van der Waals surface area contributed by atoms with Gasteiger partial charge >= 0.3 is 0 Å². The summed E-state index contributed by atoms with van der Waals surface area (Å²) >= 11 is 0. The zero-order valence-electron chi connectivity index (χ0n) is 14.3. The number of carbonyl (C=O) groups is 1. The summed E-state index contributed by atoms with van der Waals surface area (Å²) < 4.78 is 1.66. The smallest absolute Gasteiger partial charge is 0.266 e. The minimum atomic E-state index is 0.00358. The van der Waals surface area contributed by atoms with E-state index in [0.717, 1.165) is 44.5 Å². The third-order valence-electron chi connectivity index (χ3n) is 5.94. The lowest BCUT2D eigenvalue weighted by atomic mass is 9.95. The fourth-order valence-corrected chi connectivity index (χ4v) is 4.20. The molecule has 0 unspecified atom stereocenters. The maximum absolute atomic E-state index is 12.5. The Morgan fingerprint density at radius 3 is 2.42 bits per heavy atom. The first-order chi connectivity index (χ1) is 11.7. The maximum atomic E-state index is 12.5. The maximum Gasteiger partial charge on any atom is 0.266 e. The molecule has 0 spiro atoms. The second-order valence-electron chi connectivity index (χ2n) is 7.80. The van der Waals surface area contributed by atoms with E-state index in [1.165, 1.54) is 25.7 Å². The molecule has 1 amide bonds. The second kappa shape index (κ2) is 6.69. The van der Waals surface area contributed by atoms with Gasteiger partial charge in [-0.1, -0.05) is 12.8 Å². The molecule has 5 heteroatoms. The largest absolute Gasteiger partial charge is 0.342 e. The van der Waals surface area contributed by atoms with Gasteiger partial charge in [0, 0.05) is 37.5 Å². The predicted octanol–water partition coefficient (Wildman–Crippen LogP) is 2.55. The number of carbonyl (C=O) groups excluding carboxylic acids is 1. The van der Waals surface area contributed by atoms with Crippen LogP contribution < -0.4 is 5.56 Å². The molecule has 0 atom stereocenters. The summed E-state index contributed by atoms with van der Waals surface area (Å²) in [5, 5.41) is 4.57. The van der Waals surface area contributed by atoms with Gasteiger partial charge in [-0.2, -0.15) is 5.10 Å². The Kier molecular flexibility index (Phi) is 4.42. The average Bonchev–Trinajstić information content (AvgIpc) is 3.31. The lowest BCUT2D eigenvalue weighted by Gasteiger charge is -2.33. The number of hydrogen-bond acceptors (Lipinski definition) is 3. The standard InChI is InChI=1S/C19H27N3O2/c23-18-8-7-17(15-5-6-15)20-22(18)13-14-9-11-21(12-10-14)19(24)16-3-1-2-4-16/h7-8,14-16H,1-6,9-13H2. The molecule has 3 fully saturated rings. The van der Waals surface area contributed by atoms with E-state index in [4.69, 9.17) is 0 Å². The molecule has 0 aromatic carbocycles. The van der Waals surface area contributed by atoms with Gasteiger partial charge in [0.05, 0.1) is 5.69 Å². The van der Waals surface area contributed by atoms with Crippen LogP contribution in [0.25, 0.3) is 0 Å². The van der Waals surface area contributed by atoms with Crippen LogP contribution in [0.15, 0.2) is 16.9 Å². The van der Waals surface area contributed by atoms with Crippen LogP contribution in [-0.2, 0) is 11.3 Å². The molecule has 5 nitrogen and oxygen atoms in total. The molecule has 2 saturated carbocycles. The molecule has 3 aliphatic rings. The highest BCUT2D eigenvalue weighted by Gasteiger charge is 2.30. The molecule has 2 aliphatic carbocycles. The van der Waals surface area contributed by atoms with Gasteiger partial charge in [0.25, 0.3) is 5.56 Å². The Morgan fingerprint density at radius 2 is 1.75 bits per heavy atom. The number of piperidine rings is 1. The molecule has 1 aromatic heterocycles. The highest BCUT2D eigenvalue weighted by Crippen LogP contribution is 2.38. The summed E-state index contributed by atoms with van der Waals surface area (Å²) in [6.07, 6.45) is 8.94. The highest BCUT2D eigenvalue weighted by molar-refractivity contribution is 5.79. The average molecular weight is 329 g/mol. The van der Waals surface area contributed by atoms with Gasteiger partial charge < -0.3 is 4.90 Å². The van der Waals surface area contributed by atoms with Crippen molar-refractivity contribution in [2.24, 2.45) is 11.8 Å². The number of rotatable bonds is 4. The van der Waals surface area contributed by atoms with Crippen molar-refractivity contribution in [3.05, 3.63) is 28.2 Å². The van der Waals surface area contributed by atoms with Crippen molar-refractivity contribution in [1.82, 2.24) is 14.7 Å². The first-order valence-electron chi connectivity index (χ1n) is 9.57. The van der Waals surface area contributed by atoms with Crippen molar-refractivity contribution >= 4 is 5.91 Å². The van der Waals surface area contributed by atoms with Crippen LogP contribution in [-0.4, -0.2) is 33.7 Å². The normalized spacial score (nSPS) is 22.9. The van der Waals surface area contributed by atoms with E-state index in [1.807, 2.05) is 6.07 Å². The number of hydrogen-bond donors (Lipinski definition) is 0. The van der Waals surface area contributed by atoms with Crippen molar-refractivity contribution < 1.29 is 4.79 Å². The SMILES string of the molecule is O=C(C1CCCC1)N1CCC(Cn2nc(C3CC3)ccc2=O)CC1. The molecule has 2 heterocycles. The molecule has 0 radical (unpaired) electrons. The Labute approximate surface area is 143 Å². The van der Waals surface area contributed by atoms with Crippen LogP contribution in [0.2, 0.25) is 0 Å². The highest BCUT2D eigenvalue weighted by atomic mass is 16.2. The number of amides is 1. The van der Waals surface area contributed by atoms with Crippen LogP contribution in [0.3, 0.4) is 0 Å². The fraction of sp³-hybridized carbons (Fsp3) is 0.737. The summed E-state index contributed by atoms with van der Waals surface area (Å²) in [7, 11) is 0. The van der Waals surface area contributed by atoms with Crippen molar-refractivity contribution in [2.75, 3.05) is 13.1 Å². The van der Waals surface area contributed by atoms with E-state index in [9.17, 15) is 9.59 Å². The van der Waals surface area contributed by atoms with E-state index >= 15 is 0 Å². The zero-order valence-corrected chi connectivity index (χ0v) is 14.3. The lowest BCUT2D eigenvalue weighted by molar-refractivity contribution is -0.136. The molecule has 130 valence electrons. The van der Waals surface area contributed by atoms with Gasteiger partial charge in [-0.05, 0) is 50.5 Å². The van der Waals surface area contributed by atoms with E-state index in [-0.39, 0.29) is 11.5 Å². The Hall–Kier alpha value is -1.65. The van der Waals surface area contributed by atoms with Gasteiger partial charge in [0.2, 0.25) is 5.91 Å². The summed E-state index contributed by atoms with van der Waals surface area (Å²) in [6.45, 7) is 2.39. The monoisotopic (exact) mass is 329 g/mol. The molecule has 1 aromatic rings. The van der Waals surface area contributed by atoms with Crippen LogP contribution in [0, 0.1) is 11.8 Å². The van der Waals surface area contributed by atoms with Gasteiger partial charge in [-0.25, -0.2) is 4.68 Å². The van der Waals surface area contributed by atoms with Crippen LogP contribution >= 0.6 is 0 Å². The third-order valence-corrected chi connectivity index (χ3v) is 5.94. The molecule has 0 bridgehead atoms. The molecular formula is C19H27N3O2. The Bertz CT molecular complexity index is 651. The summed E-state index contributed by atoms with van der Waals surface area (Å²) in [4.78, 5) is 26.6. The first-order valence-corrected chi connectivity index (χ1v) is 9.57. The summed E-state index contributed by atoms with van der Waals surface area (Å²) in [5.74, 6) is 1.68. The molecule has 1 saturated heterocycles. The van der Waals surface area contributed by atoms with E-state index in [0.29, 0.717) is 24.3 Å².